The lowest BCUT2D eigenvalue weighted by molar-refractivity contribution is -0.137. The molecule has 0 saturated carbocycles. The van der Waals surface area contributed by atoms with Gasteiger partial charge in [-0.2, -0.15) is 0 Å². The average molecular weight is 359 g/mol. The summed E-state index contributed by atoms with van der Waals surface area (Å²) in [4.78, 5) is 27.9. The van der Waals surface area contributed by atoms with Gasteiger partial charge in [-0.25, -0.2) is 9.97 Å². The zero-order valence-electron chi connectivity index (χ0n) is 14.9. The zero-order valence-corrected chi connectivity index (χ0v) is 15.8. The second-order valence-corrected chi connectivity index (χ2v) is 7.84. The number of carbonyl (C=O) groups is 1. The fourth-order valence-electron chi connectivity index (χ4n) is 4.00. The Bertz CT molecular complexity index is 768. The molecule has 2 aromatic heterocycles. The van der Waals surface area contributed by atoms with E-state index in [9.17, 15) is 4.79 Å². The molecule has 7 heteroatoms. The van der Waals surface area contributed by atoms with Crippen molar-refractivity contribution in [3.05, 3.63) is 17.3 Å². The van der Waals surface area contributed by atoms with Crippen LogP contribution in [0.4, 0.5) is 5.82 Å². The third kappa shape index (κ3) is 3.11. The predicted molar refractivity (Wildman–Crippen MR) is 101 cm³/mol. The second kappa shape index (κ2) is 6.88. The van der Waals surface area contributed by atoms with Crippen molar-refractivity contribution in [2.45, 2.75) is 32.7 Å². The number of fused-ring (bicyclic) bond motifs is 1. The molecule has 6 nitrogen and oxygen atoms in total. The molecule has 1 amide bonds. The Morgan fingerprint density at radius 3 is 2.72 bits per heavy atom. The number of hydrogen-bond donors (Lipinski definition) is 0. The van der Waals surface area contributed by atoms with Gasteiger partial charge < -0.3 is 9.80 Å². The van der Waals surface area contributed by atoms with Gasteiger partial charge in [-0.3, -0.25) is 9.69 Å². The van der Waals surface area contributed by atoms with Crippen LogP contribution < -0.4 is 4.90 Å². The molecule has 2 aliphatic rings. The summed E-state index contributed by atoms with van der Waals surface area (Å²) in [5, 5.41) is 2.16. The molecule has 2 fully saturated rings. The molecule has 2 aromatic rings. The topological polar surface area (TPSA) is 52.6 Å². The first kappa shape index (κ1) is 16.7. The number of amides is 1. The molecule has 2 aliphatic heterocycles. The van der Waals surface area contributed by atoms with Gasteiger partial charge in [0.15, 0.2) is 0 Å². The van der Waals surface area contributed by atoms with Gasteiger partial charge in [-0.05, 0) is 37.6 Å². The molecule has 2 saturated heterocycles. The number of rotatable bonds is 3. The average Bonchev–Trinajstić information content (AvgIpc) is 3.03. The van der Waals surface area contributed by atoms with Gasteiger partial charge in [0.05, 0.1) is 16.8 Å². The summed E-state index contributed by atoms with van der Waals surface area (Å²) in [5.41, 5.74) is 2.31. The Hall–Kier alpha value is -1.73. The molecule has 0 spiro atoms. The van der Waals surface area contributed by atoms with Crippen molar-refractivity contribution >= 4 is 33.3 Å². The molecule has 0 bridgehead atoms. The number of aryl methyl sites for hydroxylation is 1. The first-order valence-electron chi connectivity index (χ1n) is 9.13. The summed E-state index contributed by atoms with van der Waals surface area (Å²) in [7, 11) is 0. The van der Waals surface area contributed by atoms with Crippen molar-refractivity contribution in [1.29, 1.82) is 0 Å². The number of likely N-dealkylation sites (N-methyl/N-ethyl adjacent to an activating group) is 1. The minimum absolute atomic E-state index is 0.280. The maximum absolute atomic E-state index is 12.2. The summed E-state index contributed by atoms with van der Waals surface area (Å²) in [6.45, 7) is 9.44. The fraction of sp³-hybridized carbons (Fsp3) is 0.611. The molecular formula is C18H25N5OS. The monoisotopic (exact) mass is 359 g/mol. The van der Waals surface area contributed by atoms with Crippen molar-refractivity contribution in [2.75, 3.05) is 44.2 Å². The largest absolute Gasteiger partial charge is 0.355 e. The van der Waals surface area contributed by atoms with Crippen molar-refractivity contribution < 1.29 is 4.79 Å². The molecule has 134 valence electrons. The Balaban J connectivity index is 1.42. The number of hydrogen-bond acceptors (Lipinski definition) is 6. The summed E-state index contributed by atoms with van der Waals surface area (Å²) in [6, 6.07) is 0.515. The Morgan fingerprint density at radius 2 is 2.00 bits per heavy atom. The molecule has 0 radical (unpaired) electrons. The highest BCUT2D eigenvalue weighted by atomic mass is 32.1. The Kier molecular flexibility index (Phi) is 4.60. The number of anilines is 1. The van der Waals surface area contributed by atoms with Crippen LogP contribution in [-0.4, -0.2) is 71.0 Å². The van der Waals surface area contributed by atoms with E-state index >= 15 is 0 Å². The van der Waals surface area contributed by atoms with Crippen LogP contribution in [0.1, 0.15) is 25.3 Å². The highest BCUT2D eigenvalue weighted by Gasteiger charge is 2.31. The molecule has 0 N–H and O–H groups in total. The number of aromatic nitrogens is 2. The van der Waals surface area contributed by atoms with Crippen molar-refractivity contribution in [3.63, 3.8) is 0 Å². The normalized spacial score (nSPS) is 20.6. The number of nitrogens with zero attached hydrogens (tertiary/aromatic N) is 5. The third-order valence-corrected chi connectivity index (χ3v) is 6.61. The maximum Gasteiger partial charge on any atom is 0.236 e. The molecule has 0 aromatic carbocycles. The molecule has 0 aliphatic carbocycles. The quantitative estimate of drug-likeness (QED) is 0.840. The van der Waals surface area contributed by atoms with Crippen LogP contribution in [0.2, 0.25) is 0 Å². The van der Waals surface area contributed by atoms with E-state index in [4.69, 9.17) is 0 Å². The number of thiophene rings is 1. The van der Waals surface area contributed by atoms with Gasteiger partial charge in [0.25, 0.3) is 0 Å². The number of piperazine rings is 1. The lowest BCUT2D eigenvalue weighted by Crippen LogP contribution is -2.55. The second-order valence-electron chi connectivity index (χ2n) is 6.96. The van der Waals surface area contributed by atoms with E-state index in [0.717, 1.165) is 56.9 Å². The van der Waals surface area contributed by atoms with Gasteiger partial charge in [0.1, 0.15) is 12.1 Å². The SMILES string of the molecule is CCN1CCN(C2CCN(c3ncnc4c(C)csc34)CC2)CC1=O. The Labute approximate surface area is 152 Å². The zero-order chi connectivity index (χ0) is 17.4. The number of piperidine rings is 1. The maximum atomic E-state index is 12.2. The fourth-order valence-corrected chi connectivity index (χ4v) is 5.02. The highest BCUT2D eigenvalue weighted by Crippen LogP contribution is 2.32. The van der Waals surface area contributed by atoms with Crippen LogP contribution in [0.3, 0.4) is 0 Å². The molecule has 4 heterocycles. The van der Waals surface area contributed by atoms with Crippen LogP contribution in [0.5, 0.6) is 0 Å². The summed E-state index contributed by atoms with van der Waals surface area (Å²) in [5.74, 6) is 1.36. The summed E-state index contributed by atoms with van der Waals surface area (Å²) < 4.78 is 1.20. The van der Waals surface area contributed by atoms with E-state index in [1.165, 1.54) is 10.3 Å². The first-order chi connectivity index (χ1) is 12.2. The van der Waals surface area contributed by atoms with Crippen LogP contribution in [0.15, 0.2) is 11.7 Å². The smallest absolute Gasteiger partial charge is 0.236 e. The van der Waals surface area contributed by atoms with E-state index in [1.807, 2.05) is 4.90 Å². The van der Waals surface area contributed by atoms with Crippen molar-refractivity contribution in [1.82, 2.24) is 19.8 Å². The van der Waals surface area contributed by atoms with Crippen LogP contribution in [0, 0.1) is 6.92 Å². The molecular weight excluding hydrogens is 334 g/mol. The summed E-state index contributed by atoms with van der Waals surface area (Å²) >= 11 is 1.74. The van der Waals surface area contributed by atoms with Crippen LogP contribution in [0.25, 0.3) is 10.2 Å². The molecule has 0 unspecified atom stereocenters. The predicted octanol–water partition coefficient (Wildman–Crippen LogP) is 2.13. The van der Waals surface area contributed by atoms with Crippen LogP contribution in [-0.2, 0) is 4.79 Å². The molecule has 4 rings (SSSR count). The van der Waals surface area contributed by atoms with E-state index < -0.39 is 0 Å². The van der Waals surface area contributed by atoms with Crippen molar-refractivity contribution in [2.24, 2.45) is 0 Å². The third-order valence-electron chi connectivity index (χ3n) is 5.52. The summed E-state index contributed by atoms with van der Waals surface area (Å²) in [6.07, 6.45) is 3.87. The van der Waals surface area contributed by atoms with Gasteiger partial charge >= 0.3 is 0 Å². The first-order valence-corrected chi connectivity index (χ1v) is 10.0. The molecule has 0 atom stereocenters. The number of carbonyl (C=O) groups excluding carboxylic acids is 1. The van der Waals surface area contributed by atoms with Gasteiger partial charge in [0.2, 0.25) is 5.91 Å². The standard InChI is InChI=1S/C18H25N5OS/c1-3-21-8-9-23(10-15(21)24)14-4-6-22(7-5-14)18-17-16(19-12-20-18)13(2)11-25-17/h11-12,14H,3-10H2,1-2H3. The van der Waals surface area contributed by atoms with Crippen molar-refractivity contribution in [3.8, 4) is 0 Å². The highest BCUT2D eigenvalue weighted by molar-refractivity contribution is 7.18. The molecule has 25 heavy (non-hydrogen) atoms. The van der Waals surface area contributed by atoms with Gasteiger partial charge in [-0.1, -0.05) is 0 Å². The lowest BCUT2D eigenvalue weighted by atomic mass is 10.0. The van der Waals surface area contributed by atoms with E-state index in [-0.39, 0.29) is 5.91 Å². The Morgan fingerprint density at radius 1 is 1.20 bits per heavy atom. The van der Waals surface area contributed by atoms with E-state index in [1.54, 1.807) is 17.7 Å². The minimum atomic E-state index is 0.280. The van der Waals surface area contributed by atoms with Gasteiger partial charge in [0, 0.05) is 38.8 Å². The van der Waals surface area contributed by atoms with Crippen LogP contribution >= 0.6 is 11.3 Å². The van der Waals surface area contributed by atoms with Gasteiger partial charge in [-0.15, -0.1) is 11.3 Å². The van der Waals surface area contributed by atoms with E-state index in [0.29, 0.717) is 12.6 Å². The van der Waals surface area contributed by atoms with E-state index in [2.05, 4.69) is 39.0 Å². The minimum Gasteiger partial charge on any atom is -0.355 e. The lowest BCUT2D eigenvalue weighted by Gasteiger charge is -2.42.